The summed E-state index contributed by atoms with van der Waals surface area (Å²) in [6.45, 7) is 9.48. The minimum Gasteiger partial charge on any atom is -0.481 e. The van der Waals surface area contributed by atoms with Gasteiger partial charge in [0, 0.05) is 25.6 Å². The fourth-order valence-electron chi connectivity index (χ4n) is 4.13. The molecule has 0 bridgehead atoms. The lowest BCUT2D eigenvalue weighted by Gasteiger charge is -2.33. The first kappa shape index (κ1) is 24.7. The minimum atomic E-state index is -0.586. The Balaban J connectivity index is 1.46. The Kier molecular flexibility index (Phi) is 8.48. The molecule has 0 aromatic heterocycles. The number of nitrogens with zero attached hydrogens (tertiary/aromatic N) is 1. The molecule has 1 aliphatic heterocycles. The second kappa shape index (κ2) is 11.3. The van der Waals surface area contributed by atoms with Gasteiger partial charge in [0.15, 0.2) is 6.10 Å². The van der Waals surface area contributed by atoms with E-state index in [1.165, 1.54) is 11.6 Å². The first-order valence-electron chi connectivity index (χ1n) is 11.8. The molecule has 6 heteroatoms. The Labute approximate surface area is 196 Å². The number of hydrogen-bond acceptors (Lipinski definition) is 3. The highest BCUT2D eigenvalue weighted by molar-refractivity contribution is 5.82. The Bertz CT molecular complexity index is 968. The standard InChI is InChI=1S/C27H35FN2O3/c1-18(2)23-10-9-19(3)25(17-23)33-20(4)27(32)30-15-12-22(13-16-30)26(31)29-14-11-21-7-5-6-8-24(21)28/h5-10,17-18,20,22H,11-16H2,1-4H3,(H,29,31). The molecule has 1 atom stereocenters. The van der Waals surface area contributed by atoms with Gasteiger partial charge < -0.3 is 15.0 Å². The van der Waals surface area contributed by atoms with Gasteiger partial charge >= 0.3 is 0 Å². The van der Waals surface area contributed by atoms with Crippen LogP contribution < -0.4 is 10.1 Å². The van der Waals surface area contributed by atoms with Crippen molar-refractivity contribution >= 4 is 11.8 Å². The van der Waals surface area contributed by atoms with E-state index >= 15 is 0 Å². The van der Waals surface area contributed by atoms with Gasteiger partial charge in [0.2, 0.25) is 5.91 Å². The average Bonchev–Trinajstić information content (AvgIpc) is 2.81. The molecule has 0 radical (unpaired) electrons. The topological polar surface area (TPSA) is 58.6 Å². The SMILES string of the molecule is Cc1ccc(C(C)C)cc1OC(C)C(=O)N1CCC(C(=O)NCCc2ccccc2F)CC1. The lowest BCUT2D eigenvalue weighted by Crippen LogP contribution is -2.47. The zero-order chi connectivity index (χ0) is 24.0. The van der Waals surface area contributed by atoms with Crippen molar-refractivity contribution in [3.8, 4) is 5.75 Å². The largest absolute Gasteiger partial charge is 0.481 e. The Hall–Kier alpha value is -2.89. The predicted octanol–water partition coefficient (Wildman–Crippen LogP) is 4.62. The second-order valence-corrected chi connectivity index (χ2v) is 9.17. The lowest BCUT2D eigenvalue weighted by molar-refractivity contribution is -0.141. The highest BCUT2D eigenvalue weighted by Crippen LogP contribution is 2.26. The predicted molar refractivity (Wildman–Crippen MR) is 128 cm³/mol. The highest BCUT2D eigenvalue weighted by atomic mass is 19.1. The Morgan fingerprint density at radius 2 is 1.82 bits per heavy atom. The van der Waals surface area contributed by atoms with E-state index in [4.69, 9.17) is 4.74 Å². The van der Waals surface area contributed by atoms with Crippen LogP contribution in [0.5, 0.6) is 5.75 Å². The Morgan fingerprint density at radius 1 is 1.12 bits per heavy atom. The molecule has 5 nitrogen and oxygen atoms in total. The monoisotopic (exact) mass is 454 g/mol. The van der Waals surface area contributed by atoms with Crippen molar-refractivity contribution in [1.29, 1.82) is 0 Å². The lowest BCUT2D eigenvalue weighted by atomic mass is 9.95. The van der Waals surface area contributed by atoms with Crippen LogP contribution in [-0.4, -0.2) is 42.5 Å². The van der Waals surface area contributed by atoms with Gasteiger partial charge in [0.1, 0.15) is 11.6 Å². The number of nitrogens with one attached hydrogen (secondary N) is 1. The zero-order valence-corrected chi connectivity index (χ0v) is 20.1. The molecule has 1 N–H and O–H groups in total. The van der Waals surface area contributed by atoms with Gasteiger partial charge in [0.05, 0.1) is 0 Å². The average molecular weight is 455 g/mol. The van der Waals surface area contributed by atoms with Crippen LogP contribution in [0.25, 0.3) is 0 Å². The van der Waals surface area contributed by atoms with Gasteiger partial charge in [-0.25, -0.2) is 4.39 Å². The van der Waals surface area contributed by atoms with Crippen molar-refractivity contribution in [3.63, 3.8) is 0 Å². The third-order valence-corrected chi connectivity index (χ3v) is 6.36. The number of rotatable bonds is 8. The number of amides is 2. The fraction of sp³-hybridized carbons (Fsp3) is 0.481. The summed E-state index contributed by atoms with van der Waals surface area (Å²) in [4.78, 5) is 27.2. The summed E-state index contributed by atoms with van der Waals surface area (Å²) < 4.78 is 19.7. The first-order chi connectivity index (χ1) is 15.8. The normalized spacial score (nSPS) is 15.4. The molecule has 2 aromatic carbocycles. The number of aryl methyl sites for hydroxylation is 1. The molecule has 1 saturated heterocycles. The molecule has 1 heterocycles. The van der Waals surface area contributed by atoms with Gasteiger partial charge in [-0.05, 0) is 67.9 Å². The van der Waals surface area contributed by atoms with E-state index in [1.54, 1.807) is 30.0 Å². The number of benzene rings is 2. The molecule has 1 unspecified atom stereocenters. The van der Waals surface area contributed by atoms with Gasteiger partial charge in [-0.1, -0.05) is 44.2 Å². The molecule has 178 valence electrons. The van der Waals surface area contributed by atoms with Crippen LogP contribution in [0.2, 0.25) is 0 Å². The van der Waals surface area contributed by atoms with E-state index in [2.05, 4.69) is 25.2 Å². The maximum atomic E-state index is 13.7. The van der Waals surface area contributed by atoms with Gasteiger partial charge in [-0.3, -0.25) is 9.59 Å². The first-order valence-corrected chi connectivity index (χ1v) is 11.8. The number of halogens is 1. The van der Waals surface area contributed by atoms with Crippen LogP contribution in [0.15, 0.2) is 42.5 Å². The number of likely N-dealkylation sites (tertiary alicyclic amines) is 1. The van der Waals surface area contributed by atoms with Crippen LogP contribution in [-0.2, 0) is 16.0 Å². The van der Waals surface area contributed by atoms with Crippen molar-refractivity contribution in [3.05, 3.63) is 65.0 Å². The number of ether oxygens (including phenoxy) is 1. The summed E-state index contributed by atoms with van der Waals surface area (Å²) in [5, 5.41) is 2.91. The van der Waals surface area contributed by atoms with Crippen molar-refractivity contribution in [2.24, 2.45) is 5.92 Å². The molecule has 1 aliphatic rings. The van der Waals surface area contributed by atoms with Crippen molar-refractivity contribution in [1.82, 2.24) is 10.2 Å². The minimum absolute atomic E-state index is 0.0242. The van der Waals surface area contributed by atoms with E-state index in [0.29, 0.717) is 50.4 Å². The molecule has 0 aliphatic carbocycles. The number of hydrogen-bond donors (Lipinski definition) is 1. The number of carbonyl (C=O) groups is 2. The fourth-order valence-corrected chi connectivity index (χ4v) is 4.13. The summed E-state index contributed by atoms with van der Waals surface area (Å²) in [6, 6.07) is 12.7. The summed E-state index contributed by atoms with van der Waals surface area (Å²) in [5.41, 5.74) is 2.78. The highest BCUT2D eigenvalue weighted by Gasteiger charge is 2.30. The summed E-state index contributed by atoms with van der Waals surface area (Å²) >= 11 is 0. The molecule has 0 saturated carbocycles. The van der Waals surface area contributed by atoms with Crippen molar-refractivity contribution < 1.29 is 18.7 Å². The molecule has 3 rings (SSSR count). The van der Waals surface area contributed by atoms with Gasteiger partial charge in [-0.15, -0.1) is 0 Å². The van der Waals surface area contributed by atoms with Crippen LogP contribution in [0.3, 0.4) is 0 Å². The zero-order valence-electron chi connectivity index (χ0n) is 20.1. The van der Waals surface area contributed by atoms with E-state index < -0.39 is 6.10 Å². The molecule has 2 aromatic rings. The molecule has 33 heavy (non-hydrogen) atoms. The summed E-state index contributed by atoms with van der Waals surface area (Å²) in [5.74, 6) is 0.672. The molecular weight excluding hydrogens is 419 g/mol. The molecule has 2 amide bonds. The smallest absolute Gasteiger partial charge is 0.263 e. The van der Waals surface area contributed by atoms with E-state index in [1.807, 2.05) is 19.1 Å². The molecule has 0 spiro atoms. The van der Waals surface area contributed by atoms with E-state index in [9.17, 15) is 14.0 Å². The second-order valence-electron chi connectivity index (χ2n) is 9.17. The summed E-state index contributed by atoms with van der Waals surface area (Å²) in [7, 11) is 0. The summed E-state index contributed by atoms with van der Waals surface area (Å²) in [6.07, 6.45) is 1.11. The van der Waals surface area contributed by atoms with Crippen molar-refractivity contribution in [2.45, 2.75) is 59.0 Å². The quantitative estimate of drug-likeness (QED) is 0.633. The van der Waals surface area contributed by atoms with Crippen LogP contribution >= 0.6 is 0 Å². The van der Waals surface area contributed by atoms with Crippen molar-refractivity contribution in [2.75, 3.05) is 19.6 Å². The van der Waals surface area contributed by atoms with Crippen LogP contribution in [0.4, 0.5) is 4.39 Å². The maximum absolute atomic E-state index is 13.7. The van der Waals surface area contributed by atoms with Gasteiger partial charge in [0.25, 0.3) is 5.91 Å². The molecular formula is C27H35FN2O3. The molecule has 1 fully saturated rings. The van der Waals surface area contributed by atoms with Crippen LogP contribution in [0, 0.1) is 18.7 Å². The van der Waals surface area contributed by atoms with E-state index in [-0.39, 0.29) is 23.5 Å². The Morgan fingerprint density at radius 3 is 2.48 bits per heavy atom. The van der Waals surface area contributed by atoms with Gasteiger partial charge in [-0.2, -0.15) is 0 Å². The van der Waals surface area contributed by atoms with E-state index in [0.717, 1.165) is 11.3 Å². The maximum Gasteiger partial charge on any atom is 0.263 e. The third kappa shape index (κ3) is 6.56. The van der Waals surface area contributed by atoms with Crippen LogP contribution in [0.1, 0.15) is 56.2 Å². The number of carbonyl (C=O) groups excluding carboxylic acids is 2. The third-order valence-electron chi connectivity index (χ3n) is 6.36. The number of piperidine rings is 1.